The maximum atomic E-state index is 4.01. The summed E-state index contributed by atoms with van der Waals surface area (Å²) in [4.78, 5) is 11.8. The van der Waals surface area contributed by atoms with E-state index >= 15 is 0 Å². The summed E-state index contributed by atoms with van der Waals surface area (Å²) in [7, 11) is 0. The molecule has 0 N–H and O–H groups in total. The van der Waals surface area contributed by atoms with Crippen LogP contribution in [-0.2, 0) is 0 Å². The molecule has 0 saturated carbocycles. The van der Waals surface area contributed by atoms with E-state index in [0.717, 1.165) is 11.2 Å². The van der Waals surface area contributed by atoms with Gasteiger partial charge < -0.3 is 0 Å². The van der Waals surface area contributed by atoms with Crippen LogP contribution in [0.3, 0.4) is 0 Å². The molecule has 0 amide bonds. The van der Waals surface area contributed by atoms with Crippen molar-refractivity contribution in [2.75, 3.05) is 0 Å². The van der Waals surface area contributed by atoms with Crippen molar-refractivity contribution in [2.45, 2.75) is 0 Å². The predicted molar refractivity (Wildman–Crippen MR) is 39.6 cm³/mol. The van der Waals surface area contributed by atoms with Gasteiger partial charge in [0.15, 0.2) is 5.65 Å². The van der Waals surface area contributed by atoms with Gasteiger partial charge >= 0.3 is 0 Å². The Morgan fingerprint density at radius 3 is 3.10 bits per heavy atom. The molecule has 0 bridgehead atoms. The first-order chi connectivity index (χ1) is 4.88. The van der Waals surface area contributed by atoms with E-state index in [1.807, 2.05) is 0 Å². The summed E-state index contributed by atoms with van der Waals surface area (Å²) in [6.07, 6.45) is 4.79. The number of aromatic nitrogens is 4. The molecule has 0 atom stereocenters. The van der Waals surface area contributed by atoms with Crippen LogP contribution in [0.25, 0.3) is 11.2 Å². The SMILES string of the molecule is Brn1cnc2cncnc21. The van der Waals surface area contributed by atoms with E-state index < -0.39 is 0 Å². The second kappa shape index (κ2) is 2.02. The van der Waals surface area contributed by atoms with Gasteiger partial charge in [-0.25, -0.2) is 18.5 Å². The second-order valence-corrected chi connectivity index (χ2v) is 2.55. The first kappa shape index (κ1) is 5.79. The molecule has 0 aliphatic carbocycles. The molecule has 0 aliphatic rings. The summed E-state index contributed by atoms with van der Waals surface area (Å²) in [5, 5.41) is 0. The van der Waals surface area contributed by atoms with Gasteiger partial charge in [0, 0.05) is 0 Å². The molecular formula is C5H3BrN4. The lowest BCUT2D eigenvalue weighted by Crippen LogP contribution is -1.81. The first-order valence-corrected chi connectivity index (χ1v) is 3.38. The van der Waals surface area contributed by atoms with Crippen LogP contribution >= 0.6 is 16.1 Å². The van der Waals surface area contributed by atoms with Gasteiger partial charge in [0.05, 0.1) is 22.3 Å². The van der Waals surface area contributed by atoms with Crippen molar-refractivity contribution >= 4 is 27.3 Å². The third-order valence-electron chi connectivity index (χ3n) is 1.17. The zero-order valence-electron chi connectivity index (χ0n) is 4.90. The summed E-state index contributed by atoms with van der Waals surface area (Å²) >= 11 is 3.23. The monoisotopic (exact) mass is 198 g/mol. The number of fused-ring (bicyclic) bond motifs is 1. The van der Waals surface area contributed by atoms with E-state index in [2.05, 4.69) is 31.1 Å². The highest BCUT2D eigenvalue weighted by Gasteiger charge is 1.98. The lowest BCUT2D eigenvalue weighted by Gasteiger charge is -1.86. The average Bonchev–Trinajstić information content (AvgIpc) is 2.34. The van der Waals surface area contributed by atoms with Gasteiger partial charge in [-0.15, -0.1) is 0 Å². The van der Waals surface area contributed by atoms with Crippen molar-refractivity contribution in [3.63, 3.8) is 0 Å². The van der Waals surface area contributed by atoms with Crippen molar-refractivity contribution in [2.24, 2.45) is 0 Å². The van der Waals surface area contributed by atoms with E-state index in [9.17, 15) is 0 Å². The van der Waals surface area contributed by atoms with Gasteiger partial charge in [0.2, 0.25) is 0 Å². The van der Waals surface area contributed by atoms with Crippen LogP contribution in [0.1, 0.15) is 0 Å². The molecule has 0 unspecified atom stereocenters. The highest BCUT2D eigenvalue weighted by Crippen LogP contribution is 2.08. The Kier molecular flexibility index (Phi) is 1.17. The van der Waals surface area contributed by atoms with Gasteiger partial charge in [0.1, 0.15) is 18.2 Å². The van der Waals surface area contributed by atoms with Crippen LogP contribution in [0, 0.1) is 0 Å². The molecule has 0 aliphatic heterocycles. The van der Waals surface area contributed by atoms with Crippen molar-refractivity contribution in [3.8, 4) is 0 Å². The van der Waals surface area contributed by atoms with Crippen molar-refractivity contribution < 1.29 is 0 Å². The van der Waals surface area contributed by atoms with E-state index in [-0.39, 0.29) is 0 Å². The number of imidazole rings is 1. The third-order valence-corrected chi connectivity index (χ3v) is 1.69. The van der Waals surface area contributed by atoms with Crippen LogP contribution in [0.5, 0.6) is 0 Å². The minimum atomic E-state index is 0.787. The summed E-state index contributed by atoms with van der Waals surface area (Å²) in [5.41, 5.74) is 1.58. The molecule has 4 nitrogen and oxygen atoms in total. The molecule has 0 fully saturated rings. The number of halogens is 1. The normalized spacial score (nSPS) is 10.5. The van der Waals surface area contributed by atoms with Crippen LogP contribution in [-0.4, -0.2) is 18.5 Å². The van der Waals surface area contributed by atoms with Gasteiger partial charge in [-0.2, -0.15) is 0 Å². The Morgan fingerprint density at radius 2 is 2.30 bits per heavy atom. The lowest BCUT2D eigenvalue weighted by atomic mass is 10.6. The van der Waals surface area contributed by atoms with Crippen LogP contribution in [0.4, 0.5) is 0 Å². The summed E-state index contributed by atoms with van der Waals surface area (Å²) < 4.78 is 1.67. The van der Waals surface area contributed by atoms with Gasteiger partial charge in [-0.05, 0) is 0 Å². The zero-order chi connectivity index (χ0) is 6.97. The van der Waals surface area contributed by atoms with Crippen molar-refractivity contribution in [1.29, 1.82) is 0 Å². The Balaban J connectivity index is 2.93. The average molecular weight is 199 g/mol. The third kappa shape index (κ3) is 0.706. The quantitative estimate of drug-likeness (QED) is 0.635. The van der Waals surface area contributed by atoms with Crippen molar-refractivity contribution in [1.82, 2.24) is 18.5 Å². The molecule has 2 heterocycles. The molecule has 2 aromatic rings. The van der Waals surface area contributed by atoms with Crippen LogP contribution < -0.4 is 0 Å². The fourth-order valence-corrected chi connectivity index (χ4v) is 1.10. The fraction of sp³-hybridized carbons (Fsp3) is 0. The summed E-state index contributed by atoms with van der Waals surface area (Å²) in [5.74, 6) is 0. The Labute approximate surface area is 65.3 Å². The first-order valence-electron chi connectivity index (χ1n) is 2.67. The Hall–Kier alpha value is -0.970. The Bertz CT molecular complexity index is 355. The molecule has 0 aromatic carbocycles. The molecule has 10 heavy (non-hydrogen) atoms. The molecule has 50 valence electrons. The molecule has 0 radical (unpaired) electrons. The highest BCUT2D eigenvalue weighted by atomic mass is 79.9. The molecule has 0 saturated heterocycles. The lowest BCUT2D eigenvalue weighted by molar-refractivity contribution is 1.19. The van der Waals surface area contributed by atoms with Gasteiger partial charge in [-0.1, -0.05) is 0 Å². The number of hydrogen-bond donors (Lipinski definition) is 0. The highest BCUT2D eigenvalue weighted by molar-refractivity contribution is 9.08. The molecule has 0 spiro atoms. The van der Waals surface area contributed by atoms with Gasteiger partial charge in [0.25, 0.3) is 0 Å². The van der Waals surface area contributed by atoms with Crippen LogP contribution in [0.15, 0.2) is 18.9 Å². The largest absolute Gasteiger partial charge is 0.248 e. The minimum absolute atomic E-state index is 0.787. The standard InChI is InChI=1S/C5H3BrN4/c6-10-3-9-4-1-7-2-8-5(4)10/h1-3H. The topological polar surface area (TPSA) is 43.6 Å². The Morgan fingerprint density at radius 1 is 1.40 bits per heavy atom. The molecule has 2 aromatic heterocycles. The van der Waals surface area contributed by atoms with E-state index in [0.29, 0.717) is 0 Å². The van der Waals surface area contributed by atoms with E-state index in [1.54, 1.807) is 16.1 Å². The maximum Gasteiger partial charge on any atom is 0.173 e. The minimum Gasteiger partial charge on any atom is -0.248 e. The fourth-order valence-electron chi connectivity index (χ4n) is 0.739. The molecular weight excluding hydrogens is 196 g/mol. The van der Waals surface area contributed by atoms with Crippen LogP contribution in [0.2, 0.25) is 0 Å². The maximum absolute atomic E-state index is 4.01. The smallest absolute Gasteiger partial charge is 0.173 e. The zero-order valence-corrected chi connectivity index (χ0v) is 6.48. The van der Waals surface area contributed by atoms with E-state index in [4.69, 9.17) is 0 Å². The predicted octanol–water partition coefficient (Wildman–Crippen LogP) is 0.984. The second-order valence-electron chi connectivity index (χ2n) is 1.79. The van der Waals surface area contributed by atoms with E-state index in [1.165, 1.54) is 6.33 Å². The summed E-state index contributed by atoms with van der Waals surface area (Å²) in [6.45, 7) is 0. The number of nitrogens with zero attached hydrogens (tertiary/aromatic N) is 4. The van der Waals surface area contributed by atoms with Gasteiger partial charge in [-0.3, -0.25) is 0 Å². The summed E-state index contributed by atoms with van der Waals surface area (Å²) in [6, 6.07) is 0. The molecule has 5 heteroatoms. The molecule has 2 rings (SSSR count). The number of rotatable bonds is 0. The van der Waals surface area contributed by atoms with Crippen molar-refractivity contribution in [3.05, 3.63) is 18.9 Å². The number of hydrogen-bond acceptors (Lipinski definition) is 3.